The van der Waals surface area contributed by atoms with Gasteiger partial charge in [0.1, 0.15) is 4.66 Å². The van der Waals surface area contributed by atoms with E-state index in [1.54, 1.807) is 0 Å². The number of hydrogen-bond donors (Lipinski definition) is 3. The van der Waals surface area contributed by atoms with Gasteiger partial charge in [-0.25, -0.2) is 17.9 Å². The van der Waals surface area contributed by atoms with Gasteiger partial charge in [-0.1, -0.05) is 15.9 Å². The van der Waals surface area contributed by atoms with E-state index < -0.39 is 16.1 Å². The second-order valence-electron chi connectivity index (χ2n) is 1.91. The van der Waals surface area contributed by atoms with E-state index in [-0.39, 0.29) is 17.8 Å². The van der Waals surface area contributed by atoms with Gasteiger partial charge in [0.2, 0.25) is 10.0 Å². The summed E-state index contributed by atoms with van der Waals surface area (Å²) in [6.07, 6.45) is 0. The van der Waals surface area contributed by atoms with E-state index in [2.05, 4.69) is 26.0 Å². The molecule has 0 spiro atoms. The molecule has 0 aliphatic heterocycles. The van der Waals surface area contributed by atoms with Crippen LogP contribution in [-0.4, -0.2) is 32.2 Å². The first-order chi connectivity index (χ1) is 5.48. The van der Waals surface area contributed by atoms with E-state index in [1.807, 2.05) is 0 Å². The third kappa shape index (κ3) is 6.38. The molecule has 0 aliphatic rings. The van der Waals surface area contributed by atoms with Crippen molar-refractivity contribution in [3.8, 4) is 0 Å². The molecule has 0 atom stereocenters. The molecule has 4 N–H and O–H groups in total. The minimum absolute atomic E-state index is 0.136. The van der Waals surface area contributed by atoms with Gasteiger partial charge in [-0.15, -0.1) is 0 Å². The first-order valence-corrected chi connectivity index (χ1v) is 5.82. The van der Waals surface area contributed by atoms with Crippen LogP contribution < -0.4 is 15.8 Å². The smallest absolute Gasteiger partial charge is 0.312 e. The van der Waals surface area contributed by atoms with Gasteiger partial charge in [0, 0.05) is 13.1 Å². The van der Waals surface area contributed by atoms with Gasteiger partial charge in [-0.05, 0) is 0 Å². The van der Waals surface area contributed by atoms with E-state index >= 15 is 0 Å². The number of carbonyl (C=O) groups is 1. The minimum atomic E-state index is -3.24. The molecule has 0 radical (unpaired) electrons. The van der Waals surface area contributed by atoms with Crippen LogP contribution in [0.4, 0.5) is 4.79 Å². The Morgan fingerprint density at radius 2 is 2.00 bits per heavy atom. The molecule has 8 heteroatoms. The van der Waals surface area contributed by atoms with E-state index in [4.69, 9.17) is 5.73 Å². The summed E-state index contributed by atoms with van der Waals surface area (Å²) >= 11 is 2.79. The van der Waals surface area contributed by atoms with Gasteiger partial charge in [0.05, 0.1) is 0 Å². The zero-order valence-electron chi connectivity index (χ0n) is 6.21. The number of sulfonamides is 1. The Labute approximate surface area is 79.1 Å². The first kappa shape index (κ1) is 11.7. The molecule has 0 aromatic heterocycles. The average Bonchev–Trinajstić information content (AvgIpc) is 1.98. The highest BCUT2D eigenvalue weighted by Gasteiger charge is 2.05. The van der Waals surface area contributed by atoms with Crippen molar-refractivity contribution in [2.75, 3.05) is 17.8 Å². The SMILES string of the molecule is NC(=O)NCCNS(=O)(=O)CBr. The third-order valence-electron chi connectivity index (χ3n) is 0.890. The number of nitrogens with one attached hydrogen (secondary N) is 2. The minimum Gasteiger partial charge on any atom is -0.352 e. The molecule has 6 nitrogen and oxygen atoms in total. The molecule has 0 unspecified atom stereocenters. The highest BCUT2D eigenvalue weighted by molar-refractivity contribution is 9.10. The summed E-state index contributed by atoms with van der Waals surface area (Å²) in [4.78, 5) is 10.1. The predicted molar refractivity (Wildman–Crippen MR) is 48.3 cm³/mol. The number of rotatable bonds is 5. The number of halogens is 1. The Kier molecular flexibility index (Phi) is 5.18. The van der Waals surface area contributed by atoms with Gasteiger partial charge in [0.15, 0.2) is 0 Å². The van der Waals surface area contributed by atoms with E-state index in [0.717, 1.165) is 0 Å². The Morgan fingerprint density at radius 1 is 1.42 bits per heavy atom. The van der Waals surface area contributed by atoms with Crippen LogP contribution in [-0.2, 0) is 10.0 Å². The number of amides is 2. The van der Waals surface area contributed by atoms with Crippen molar-refractivity contribution in [3.63, 3.8) is 0 Å². The van der Waals surface area contributed by atoms with Crippen LogP contribution in [0.25, 0.3) is 0 Å². The molecule has 72 valence electrons. The molecule has 2 amide bonds. The normalized spacial score (nSPS) is 11.1. The Bertz CT molecular complexity index is 240. The summed E-state index contributed by atoms with van der Waals surface area (Å²) in [5.74, 6) is 0. The van der Waals surface area contributed by atoms with Crippen molar-refractivity contribution in [1.29, 1.82) is 0 Å². The van der Waals surface area contributed by atoms with Crippen LogP contribution in [0, 0.1) is 0 Å². The molecule has 12 heavy (non-hydrogen) atoms. The highest BCUT2D eigenvalue weighted by atomic mass is 79.9. The van der Waals surface area contributed by atoms with E-state index in [9.17, 15) is 13.2 Å². The van der Waals surface area contributed by atoms with Crippen molar-refractivity contribution in [2.24, 2.45) is 5.73 Å². The fourth-order valence-electron chi connectivity index (χ4n) is 0.431. The number of urea groups is 1. The zero-order valence-corrected chi connectivity index (χ0v) is 8.61. The van der Waals surface area contributed by atoms with Gasteiger partial charge >= 0.3 is 6.03 Å². The Hall–Kier alpha value is -0.340. The molecular weight excluding hydrogens is 250 g/mol. The molecular formula is C4H10BrN3O3S. The highest BCUT2D eigenvalue weighted by Crippen LogP contribution is 1.88. The lowest BCUT2D eigenvalue weighted by Crippen LogP contribution is -2.37. The molecule has 0 rings (SSSR count). The maximum absolute atomic E-state index is 10.7. The lowest BCUT2D eigenvalue weighted by molar-refractivity contribution is 0.249. The van der Waals surface area contributed by atoms with E-state index in [1.165, 1.54) is 0 Å². The number of nitrogens with two attached hydrogens (primary N) is 1. The van der Waals surface area contributed by atoms with Gasteiger partial charge in [-0.3, -0.25) is 0 Å². The maximum atomic E-state index is 10.7. The van der Waals surface area contributed by atoms with Crippen molar-refractivity contribution in [1.82, 2.24) is 10.0 Å². The maximum Gasteiger partial charge on any atom is 0.312 e. The topological polar surface area (TPSA) is 101 Å². The predicted octanol–water partition coefficient (Wildman–Crippen LogP) is -1.07. The molecule has 0 heterocycles. The van der Waals surface area contributed by atoms with Crippen LogP contribution >= 0.6 is 15.9 Å². The largest absolute Gasteiger partial charge is 0.352 e. The summed E-state index contributed by atoms with van der Waals surface area (Å²) in [5, 5.41) is 2.24. The van der Waals surface area contributed by atoms with Crippen molar-refractivity contribution in [3.05, 3.63) is 0 Å². The monoisotopic (exact) mass is 259 g/mol. The molecule has 0 aromatic carbocycles. The second-order valence-corrected chi connectivity index (χ2v) is 5.02. The zero-order chi connectivity index (χ0) is 9.61. The molecule has 0 saturated carbocycles. The van der Waals surface area contributed by atoms with Crippen LogP contribution in [0.5, 0.6) is 0 Å². The van der Waals surface area contributed by atoms with Crippen LogP contribution in [0.2, 0.25) is 0 Å². The standard InChI is InChI=1S/C4H10BrN3O3S/c5-3-12(10,11)8-2-1-7-4(6)9/h8H,1-3H2,(H3,6,7,9). The van der Waals surface area contributed by atoms with Gasteiger partial charge < -0.3 is 11.1 Å². The summed E-state index contributed by atoms with van der Waals surface area (Å²) in [7, 11) is -3.24. The molecule has 0 aliphatic carbocycles. The summed E-state index contributed by atoms with van der Waals surface area (Å²) in [5.41, 5.74) is 4.74. The Balaban J connectivity index is 3.51. The number of alkyl halides is 1. The van der Waals surface area contributed by atoms with Crippen molar-refractivity contribution >= 4 is 32.0 Å². The quantitative estimate of drug-likeness (QED) is 0.433. The summed E-state index contributed by atoms with van der Waals surface area (Å²) in [6, 6.07) is -0.673. The number of carbonyl (C=O) groups excluding carboxylic acids is 1. The number of primary amides is 1. The molecule has 0 bridgehead atoms. The van der Waals surface area contributed by atoms with Crippen LogP contribution in [0.1, 0.15) is 0 Å². The van der Waals surface area contributed by atoms with Crippen molar-refractivity contribution in [2.45, 2.75) is 0 Å². The number of hydrogen-bond acceptors (Lipinski definition) is 3. The van der Waals surface area contributed by atoms with Gasteiger partial charge in [-0.2, -0.15) is 0 Å². The average molecular weight is 260 g/mol. The summed E-state index contributed by atoms with van der Waals surface area (Å²) < 4.78 is 23.5. The lowest BCUT2D eigenvalue weighted by Gasteiger charge is -2.03. The summed E-state index contributed by atoms with van der Waals surface area (Å²) in [6.45, 7) is 0.318. The fraction of sp³-hybridized carbons (Fsp3) is 0.750. The first-order valence-electron chi connectivity index (χ1n) is 3.04. The van der Waals surface area contributed by atoms with Gasteiger partial charge in [0.25, 0.3) is 0 Å². The van der Waals surface area contributed by atoms with Crippen LogP contribution in [0.15, 0.2) is 0 Å². The third-order valence-corrected chi connectivity index (χ3v) is 3.63. The van der Waals surface area contributed by atoms with Crippen LogP contribution in [0.3, 0.4) is 0 Å². The molecule has 0 fully saturated rings. The lowest BCUT2D eigenvalue weighted by atomic mass is 10.6. The Morgan fingerprint density at radius 3 is 2.42 bits per heavy atom. The second kappa shape index (κ2) is 5.33. The van der Waals surface area contributed by atoms with E-state index in [0.29, 0.717) is 0 Å². The molecule has 0 aromatic rings. The van der Waals surface area contributed by atoms with Crippen molar-refractivity contribution < 1.29 is 13.2 Å². The molecule has 0 saturated heterocycles. The fourth-order valence-corrected chi connectivity index (χ4v) is 1.41.